The highest BCUT2D eigenvalue weighted by Crippen LogP contribution is 2.21. The Bertz CT molecular complexity index is 972. The first-order valence-corrected chi connectivity index (χ1v) is 9.43. The SMILES string of the molecule is CCOC(=O)c1ccccc1Nc1ccc(C(=O)NC(C)c2ccccc2)cn1. The molecule has 3 rings (SSSR count). The number of nitrogens with one attached hydrogen (secondary N) is 2. The quantitative estimate of drug-likeness (QED) is 0.582. The summed E-state index contributed by atoms with van der Waals surface area (Å²) in [6.45, 7) is 4.00. The van der Waals surface area contributed by atoms with Crippen molar-refractivity contribution in [1.82, 2.24) is 10.3 Å². The molecule has 1 amide bonds. The minimum Gasteiger partial charge on any atom is -0.462 e. The first-order chi connectivity index (χ1) is 14.1. The zero-order chi connectivity index (χ0) is 20.6. The molecule has 6 nitrogen and oxygen atoms in total. The lowest BCUT2D eigenvalue weighted by Crippen LogP contribution is -2.26. The highest BCUT2D eigenvalue weighted by Gasteiger charge is 2.14. The van der Waals surface area contributed by atoms with Gasteiger partial charge in [-0.15, -0.1) is 0 Å². The third-order valence-electron chi connectivity index (χ3n) is 4.36. The van der Waals surface area contributed by atoms with Gasteiger partial charge in [0.25, 0.3) is 5.91 Å². The Morgan fingerprint density at radius 2 is 1.72 bits per heavy atom. The number of hydrogen-bond donors (Lipinski definition) is 2. The molecule has 0 aliphatic heterocycles. The van der Waals surface area contributed by atoms with Crippen molar-refractivity contribution in [3.63, 3.8) is 0 Å². The molecule has 0 aliphatic carbocycles. The van der Waals surface area contributed by atoms with Crippen LogP contribution in [0.4, 0.5) is 11.5 Å². The second-order valence-corrected chi connectivity index (χ2v) is 6.43. The first-order valence-electron chi connectivity index (χ1n) is 9.43. The van der Waals surface area contributed by atoms with Crippen LogP contribution in [-0.2, 0) is 4.74 Å². The van der Waals surface area contributed by atoms with Crippen molar-refractivity contribution in [3.8, 4) is 0 Å². The topological polar surface area (TPSA) is 80.3 Å². The second-order valence-electron chi connectivity index (χ2n) is 6.43. The molecule has 0 aliphatic rings. The molecule has 148 valence electrons. The molecule has 1 aromatic heterocycles. The molecule has 0 saturated heterocycles. The minimum absolute atomic E-state index is 0.113. The van der Waals surface area contributed by atoms with Crippen LogP contribution in [0.2, 0.25) is 0 Å². The van der Waals surface area contributed by atoms with Gasteiger partial charge in [0.05, 0.1) is 29.5 Å². The Labute approximate surface area is 169 Å². The second kappa shape index (κ2) is 9.50. The molecular formula is C23H23N3O3. The van der Waals surface area contributed by atoms with Gasteiger partial charge < -0.3 is 15.4 Å². The van der Waals surface area contributed by atoms with Crippen LogP contribution in [0.1, 0.15) is 46.2 Å². The van der Waals surface area contributed by atoms with E-state index in [1.54, 1.807) is 37.3 Å². The summed E-state index contributed by atoms with van der Waals surface area (Å²) in [5.41, 5.74) is 2.50. The molecule has 3 aromatic rings. The average Bonchev–Trinajstić information content (AvgIpc) is 2.75. The summed E-state index contributed by atoms with van der Waals surface area (Å²) in [5, 5.41) is 6.06. The van der Waals surface area contributed by atoms with Gasteiger partial charge in [0.1, 0.15) is 5.82 Å². The van der Waals surface area contributed by atoms with Crippen molar-refractivity contribution in [2.45, 2.75) is 19.9 Å². The molecule has 6 heteroatoms. The molecule has 0 spiro atoms. The van der Waals surface area contributed by atoms with Crippen LogP contribution in [-0.4, -0.2) is 23.5 Å². The molecule has 0 bridgehead atoms. The number of amides is 1. The number of rotatable bonds is 7. The molecule has 0 fully saturated rings. The summed E-state index contributed by atoms with van der Waals surface area (Å²) in [6.07, 6.45) is 1.50. The molecule has 1 unspecified atom stereocenters. The van der Waals surface area contributed by atoms with Gasteiger partial charge in [-0.25, -0.2) is 9.78 Å². The van der Waals surface area contributed by atoms with Crippen molar-refractivity contribution in [2.24, 2.45) is 0 Å². The number of para-hydroxylation sites is 1. The highest BCUT2D eigenvalue weighted by molar-refractivity contribution is 5.96. The fraction of sp³-hybridized carbons (Fsp3) is 0.174. The van der Waals surface area contributed by atoms with Gasteiger partial charge in [-0.2, -0.15) is 0 Å². The maximum atomic E-state index is 12.5. The average molecular weight is 389 g/mol. The van der Waals surface area contributed by atoms with Crippen LogP contribution < -0.4 is 10.6 Å². The fourth-order valence-corrected chi connectivity index (χ4v) is 2.82. The lowest BCUT2D eigenvalue weighted by molar-refractivity contribution is 0.0527. The third kappa shape index (κ3) is 5.19. The molecule has 2 N–H and O–H groups in total. The summed E-state index contributed by atoms with van der Waals surface area (Å²) >= 11 is 0. The van der Waals surface area contributed by atoms with Gasteiger partial charge in [0, 0.05) is 6.20 Å². The number of aromatic nitrogens is 1. The van der Waals surface area contributed by atoms with Gasteiger partial charge >= 0.3 is 5.97 Å². The van der Waals surface area contributed by atoms with E-state index >= 15 is 0 Å². The van der Waals surface area contributed by atoms with E-state index in [-0.39, 0.29) is 11.9 Å². The molecule has 0 saturated carbocycles. The number of anilines is 2. The molecule has 0 radical (unpaired) electrons. The van der Waals surface area contributed by atoms with E-state index in [2.05, 4.69) is 15.6 Å². The van der Waals surface area contributed by atoms with Crippen LogP contribution in [0, 0.1) is 0 Å². The number of hydrogen-bond acceptors (Lipinski definition) is 5. The molecule has 1 heterocycles. The molecule has 29 heavy (non-hydrogen) atoms. The standard InChI is InChI=1S/C23H23N3O3/c1-3-29-23(28)19-11-7-8-12-20(19)26-21-14-13-18(15-24-21)22(27)25-16(2)17-9-5-4-6-10-17/h4-16H,3H2,1-2H3,(H,24,26)(H,25,27). The summed E-state index contributed by atoms with van der Waals surface area (Å²) in [6, 6.07) is 20.1. The number of pyridine rings is 1. The van der Waals surface area contributed by atoms with E-state index in [0.717, 1.165) is 5.56 Å². The van der Waals surface area contributed by atoms with Crippen molar-refractivity contribution >= 4 is 23.4 Å². The minimum atomic E-state index is -0.401. The lowest BCUT2D eigenvalue weighted by Gasteiger charge is -2.14. The summed E-state index contributed by atoms with van der Waals surface area (Å²) < 4.78 is 5.08. The summed E-state index contributed by atoms with van der Waals surface area (Å²) in [7, 11) is 0. The Kier molecular flexibility index (Phi) is 6.58. The maximum Gasteiger partial charge on any atom is 0.340 e. The van der Waals surface area contributed by atoms with Gasteiger partial charge in [0.2, 0.25) is 0 Å². The Balaban J connectivity index is 1.68. The maximum absolute atomic E-state index is 12.5. The van der Waals surface area contributed by atoms with E-state index in [9.17, 15) is 9.59 Å². The zero-order valence-corrected chi connectivity index (χ0v) is 16.4. The zero-order valence-electron chi connectivity index (χ0n) is 16.4. The Morgan fingerprint density at radius 1 is 1.00 bits per heavy atom. The number of benzene rings is 2. The third-order valence-corrected chi connectivity index (χ3v) is 4.36. The van der Waals surface area contributed by atoms with Gasteiger partial charge in [-0.1, -0.05) is 42.5 Å². The smallest absolute Gasteiger partial charge is 0.340 e. The van der Waals surface area contributed by atoms with Gasteiger partial charge in [0.15, 0.2) is 0 Å². The summed E-state index contributed by atoms with van der Waals surface area (Å²) in [4.78, 5) is 28.9. The molecular weight excluding hydrogens is 366 g/mol. The largest absolute Gasteiger partial charge is 0.462 e. The number of nitrogens with zero attached hydrogens (tertiary/aromatic N) is 1. The van der Waals surface area contributed by atoms with E-state index in [1.807, 2.05) is 43.3 Å². The highest BCUT2D eigenvalue weighted by atomic mass is 16.5. The first kappa shape index (κ1) is 20.1. The number of ether oxygens (including phenoxy) is 1. The Morgan fingerprint density at radius 3 is 2.41 bits per heavy atom. The normalized spacial score (nSPS) is 11.4. The molecule has 2 aromatic carbocycles. The van der Waals surface area contributed by atoms with Crippen molar-refractivity contribution in [2.75, 3.05) is 11.9 Å². The van der Waals surface area contributed by atoms with Crippen molar-refractivity contribution in [3.05, 3.63) is 89.6 Å². The van der Waals surface area contributed by atoms with Crippen LogP contribution in [0.5, 0.6) is 0 Å². The van der Waals surface area contributed by atoms with E-state index in [4.69, 9.17) is 4.74 Å². The Hall–Kier alpha value is -3.67. The van der Waals surface area contributed by atoms with Gasteiger partial charge in [-0.05, 0) is 43.7 Å². The van der Waals surface area contributed by atoms with Crippen LogP contribution in [0.15, 0.2) is 72.9 Å². The number of esters is 1. The number of carbonyl (C=O) groups excluding carboxylic acids is 2. The predicted octanol–water partition coefficient (Wildman–Crippen LogP) is 4.49. The van der Waals surface area contributed by atoms with Crippen LogP contribution in [0.3, 0.4) is 0 Å². The van der Waals surface area contributed by atoms with Crippen molar-refractivity contribution < 1.29 is 14.3 Å². The lowest BCUT2D eigenvalue weighted by atomic mass is 10.1. The van der Waals surface area contributed by atoms with Crippen LogP contribution in [0.25, 0.3) is 0 Å². The summed E-state index contributed by atoms with van der Waals surface area (Å²) in [5.74, 6) is -0.0803. The van der Waals surface area contributed by atoms with E-state index in [0.29, 0.717) is 29.2 Å². The monoisotopic (exact) mass is 389 g/mol. The van der Waals surface area contributed by atoms with E-state index < -0.39 is 5.97 Å². The van der Waals surface area contributed by atoms with E-state index in [1.165, 1.54) is 6.20 Å². The van der Waals surface area contributed by atoms with Gasteiger partial charge in [-0.3, -0.25) is 4.79 Å². The fourth-order valence-electron chi connectivity index (χ4n) is 2.82. The van der Waals surface area contributed by atoms with Crippen LogP contribution >= 0.6 is 0 Å². The number of carbonyl (C=O) groups is 2. The van der Waals surface area contributed by atoms with Crippen molar-refractivity contribution in [1.29, 1.82) is 0 Å². The predicted molar refractivity (Wildman–Crippen MR) is 112 cm³/mol. The molecule has 1 atom stereocenters.